The zero-order valence-electron chi connectivity index (χ0n) is 14.3. The molecule has 0 spiro atoms. The van der Waals surface area contributed by atoms with E-state index >= 15 is 0 Å². The van der Waals surface area contributed by atoms with Gasteiger partial charge in [0.2, 0.25) is 0 Å². The fraction of sp³-hybridized carbons (Fsp3) is 0.300. The first kappa shape index (κ1) is 17.5. The highest BCUT2D eigenvalue weighted by Crippen LogP contribution is 2.16. The zero-order valence-corrected chi connectivity index (χ0v) is 15.1. The number of para-hydroxylation sites is 2. The van der Waals surface area contributed by atoms with Crippen molar-refractivity contribution >= 4 is 28.5 Å². The Hall–Kier alpha value is -2.33. The summed E-state index contributed by atoms with van der Waals surface area (Å²) in [7, 11) is 2.06. The predicted octanol–water partition coefficient (Wildman–Crippen LogP) is 4.37. The lowest BCUT2D eigenvalue weighted by Crippen LogP contribution is -2.24. The van der Waals surface area contributed by atoms with E-state index in [2.05, 4.69) is 28.0 Å². The molecule has 25 heavy (non-hydrogen) atoms. The van der Waals surface area contributed by atoms with Crippen molar-refractivity contribution in [2.45, 2.75) is 25.7 Å². The third-order valence-electron chi connectivity index (χ3n) is 4.36. The number of aryl methyl sites for hydroxylation is 2. The van der Waals surface area contributed by atoms with Gasteiger partial charge in [0.1, 0.15) is 5.82 Å². The molecule has 0 fully saturated rings. The van der Waals surface area contributed by atoms with Gasteiger partial charge in [-0.05, 0) is 37.1 Å². The summed E-state index contributed by atoms with van der Waals surface area (Å²) in [6.45, 7) is 0.659. The second kappa shape index (κ2) is 8.17. The second-order valence-electron chi connectivity index (χ2n) is 6.12. The summed E-state index contributed by atoms with van der Waals surface area (Å²) in [6.07, 6.45) is 3.99. The van der Waals surface area contributed by atoms with Crippen LogP contribution >= 0.6 is 11.6 Å². The predicted molar refractivity (Wildman–Crippen MR) is 102 cm³/mol. The molecule has 0 bridgehead atoms. The molecule has 5 heteroatoms. The van der Waals surface area contributed by atoms with Crippen LogP contribution in [0.4, 0.5) is 0 Å². The number of amides is 1. The number of rotatable bonds is 7. The molecule has 4 nitrogen and oxygen atoms in total. The van der Waals surface area contributed by atoms with E-state index in [1.165, 1.54) is 5.52 Å². The Bertz CT molecular complexity index is 872. The van der Waals surface area contributed by atoms with Crippen molar-refractivity contribution in [3.63, 3.8) is 0 Å². The van der Waals surface area contributed by atoms with Gasteiger partial charge >= 0.3 is 0 Å². The Kier molecular flexibility index (Phi) is 5.71. The highest BCUT2D eigenvalue weighted by molar-refractivity contribution is 6.33. The van der Waals surface area contributed by atoms with Crippen molar-refractivity contribution in [2.75, 3.05) is 6.54 Å². The molecule has 2 aromatic carbocycles. The van der Waals surface area contributed by atoms with Crippen LogP contribution in [0.25, 0.3) is 11.0 Å². The first-order valence-corrected chi connectivity index (χ1v) is 8.97. The Labute approximate surface area is 152 Å². The van der Waals surface area contributed by atoms with E-state index in [1.54, 1.807) is 12.1 Å². The number of nitrogens with one attached hydrogen (secondary N) is 1. The molecule has 0 aliphatic carbocycles. The van der Waals surface area contributed by atoms with Crippen molar-refractivity contribution in [2.24, 2.45) is 7.05 Å². The number of carbonyl (C=O) groups is 1. The van der Waals surface area contributed by atoms with Gasteiger partial charge in [0.15, 0.2) is 0 Å². The molecule has 130 valence electrons. The second-order valence-corrected chi connectivity index (χ2v) is 6.53. The summed E-state index contributed by atoms with van der Waals surface area (Å²) in [5, 5.41) is 3.41. The minimum Gasteiger partial charge on any atom is -0.352 e. The topological polar surface area (TPSA) is 46.9 Å². The molecule has 3 aromatic rings. The van der Waals surface area contributed by atoms with E-state index in [0.29, 0.717) is 17.1 Å². The van der Waals surface area contributed by atoms with Crippen LogP contribution in [0.15, 0.2) is 48.5 Å². The van der Waals surface area contributed by atoms with Crippen LogP contribution in [-0.2, 0) is 13.5 Å². The standard InChI is InChI=1S/C20H22ClN3O/c1-24-18-12-7-6-11-17(18)23-19(24)13-3-2-8-14-22-20(25)15-9-4-5-10-16(15)21/h4-7,9-12H,2-3,8,13-14H2,1H3,(H,22,25). The monoisotopic (exact) mass is 355 g/mol. The number of benzene rings is 2. The molecule has 1 amide bonds. The van der Waals surface area contributed by atoms with E-state index < -0.39 is 0 Å². The maximum Gasteiger partial charge on any atom is 0.252 e. The number of carbonyl (C=O) groups excluding carboxylic acids is 1. The number of halogens is 1. The van der Waals surface area contributed by atoms with Crippen LogP contribution in [-0.4, -0.2) is 22.0 Å². The lowest BCUT2D eigenvalue weighted by molar-refractivity contribution is 0.0953. The number of fused-ring (bicyclic) bond motifs is 1. The van der Waals surface area contributed by atoms with Crippen LogP contribution in [0.3, 0.4) is 0 Å². The van der Waals surface area contributed by atoms with Crippen LogP contribution in [0.1, 0.15) is 35.4 Å². The van der Waals surface area contributed by atoms with Crippen molar-refractivity contribution in [3.05, 3.63) is 64.9 Å². The smallest absolute Gasteiger partial charge is 0.252 e. The molecule has 0 saturated heterocycles. The van der Waals surface area contributed by atoms with Crippen molar-refractivity contribution in [3.8, 4) is 0 Å². The van der Waals surface area contributed by atoms with Gasteiger partial charge in [-0.3, -0.25) is 4.79 Å². The van der Waals surface area contributed by atoms with E-state index in [4.69, 9.17) is 11.6 Å². The molecule has 1 heterocycles. The SMILES string of the molecule is Cn1c(CCCCCNC(=O)c2ccccc2Cl)nc2ccccc21. The van der Waals surface area contributed by atoms with Crippen LogP contribution in [0.2, 0.25) is 5.02 Å². The van der Waals surface area contributed by atoms with Crippen LogP contribution < -0.4 is 5.32 Å². The van der Waals surface area contributed by atoms with Crippen molar-refractivity contribution < 1.29 is 4.79 Å². The summed E-state index contributed by atoms with van der Waals surface area (Å²) in [4.78, 5) is 16.7. The molecular weight excluding hydrogens is 334 g/mol. The molecule has 0 radical (unpaired) electrons. The Balaban J connectivity index is 1.41. The molecule has 3 rings (SSSR count). The van der Waals surface area contributed by atoms with Gasteiger partial charge in [0.25, 0.3) is 5.91 Å². The summed E-state index contributed by atoms with van der Waals surface area (Å²) in [6, 6.07) is 15.3. The quantitative estimate of drug-likeness (QED) is 0.640. The molecule has 0 unspecified atom stereocenters. The number of unbranched alkanes of at least 4 members (excludes halogenated alkanes) is 2. The molecular formula is C20H22ClN3O. The van der Waals surface area contributed by atoms with E-state index in [-0.39, 0.29) is 5.91 Å². The van der Waals surface area contributed by atoms with E-state index in [9.17, 15) is 4.79 Å². The third-order valence-corrected chi connectivity index (χ3v) is 4.69. The van der Waals surface area contributed by atoms with Crippen molar-refractivity contribution in [1.29, 1.82) is 0 Å². The first-order chi connectivity index (χ1) is 12.2. The van der Waals surface area contributed by atoms with Gasteiger partial charge in [-0.2, -0.15) is 0 Å². The number of nitrogens with zero attached hydrogens (tertiary/aromatic N) is 2. The van der Waals surface area contributed by atoms with Gasteiger partial charge < -0.3 is 9.88 Å². The molecule has 1 aromatic heterocycles. The lowest BCUT2D eigenvalue weighted by Gasteiger charge is -2.07. The lowest BCUT2D eigenvalue weighted by atomic mass is 10.1. The Morgan fingerprint density at radius 1 is 1.08 bits per heavy atom. The van der Waals surface area contributed by atoms with Gasteiger partial charge in [-0.1, -0.05) is 42.3 Å². The van der Waals surface area contributed by atoms with Crippen LogP contribution in [0, 0.1) is 0 Å². The summed E-state index contributed by atoms with van der Waals surface area (Å²) >= 11 is 6.03. The minimum absolute atomic E-state index is 0.110. The number of imidazole rings is 1. The van der Waals surface area contributed by atoms with Gasteiger partial charge in [0, 0.05) is 20.0 Å². The number of hydrogen-bond acceptors (Lipinski definition) is 2. The average Bonchev–Trinajstić information content (AvgIpc) is 2.94. The summed E-state index contributed by atoms with van der Waals surface area (Å²) in [5.41, 5.74) is 2.75. The fourth-order valence-corrected chi connectivity index (χ4v) is 3.17. The van der Waals surface area contributed by atoms with Crippen molar-refractivity contribution in [1.82, 2.24) is 14.9 Å². The largest absolute Gasteiger partial charge is 0.352 e. The van der Waals surface area contributed by atoms with E-state index in [1.807, 2.05) is 30.3 Å². The molecule has 0 aliphatic rings. The maximum atomic E-state index is 12.1. The summed E-state index contributed by atoms with van der Waals surface area (Å²) < 4.78 is 2.16. The Morgan fingerprint density at radius 3 is 2.64 bits per heavy atom. The van der Waals surface area contributed by atoms with Gasteiger partial charge in [-0.15, -0.1) is 0 Å². The van der Waals surface area contributed by atoms with Gasteiger partial charge in [-0.25, -0.2) is 4.98 Å². The molecule has 0 atom stereocenters. The fourth-order valence-electron chi connectivity index (χ4n) is 2.95. The van der Waals surface area contributed by atoms with E-state index in [0.717, 1.165) is 37.0 Å². The maximum absolute atomic E-state index is 12.1. The Morgan fingerprint density at radius 2 is 1.84 bits per heavy atom. The normalized spacial score (nSPS) is 11.0. The third kappa shape index (κ3) is 4.20. The molecule has 0 saturated carbocycles. The number of hydrogen-bond donors (Lipinski definition) is 1. The average molecular weight is 356 g/mol. The minimum atomic E-state index is -0.110. The molecule has 1 N–H and O–H groups in total. The summed E-state index contributed by atoms with van der Waals surface area (Å²) in [5.74, 6) is 1.00. The highest BCUT2D eigenvalue weighted by Gasteiger charge is 2.09. The zero-order chi connectivity index (χ0) is 17.6. The molecule has 0 aliphatic heterocycles. The number of aromatic nitrogens is 2. The first-order valence-electron chi connectivity index (χ1n) is 8.60. The van der Waals surface area contributed by atoms with Gasteiger partial charge in [0.05, 0.1) is 21.6 Å². The highest BCUT2D eigenvalue weighted by atomic mass is 35.5. The van der Waals surface area contributed by atoms with Crippen LogP contribution in [0.5, 0.6) is 0 Å².